The van der Waals surface area contributed by atoms with E-state index in [4.69, 9.17) is 0 Å². The summed E-state index contributed by atoms with van der Waals surface area (Å²) in [6, 6.07) is 18.2. The van der Waals surface area contributed by atoms with Gasteiger partial charge in [0, 0.05) is 6.54 Å². The predicted molar refractivity (Wildman–Crippen MR) is 94.5 cm³/mol. The highest BCUT2D eigenvalue weighted by molar-refractivity contribution is 6.02. The molecule has 0 aliphatic rings. The van der Waals surface area contributed by atoms with Gasteiger partial charge in [-0.1, -0.05) is 42.5 Å². The number of esters is 1. The summed E-state index contributed by atoms with van der Waals surface area (Å²) in [5.41, 5.74) is 2.03. The molecule has 0 atom stereocenters. The van der Waals surface area contributed by atoms with E-state index in [0.29, 0.717) is 24.1 Å². The fourth-order valence-electron chi connectivity index (χ4n) is 2.25. The van der Waals surface area contributed by atoms with Crippen molar-refractivity contribution < 1.29 is 14.3 Å². The van der Waals surface area contributed by atoms with Gasteiger partial charge in [0.2, 0.25) is 0 Å². The highest BCUT2D eigenvalue weighted by atomic mass is 16.5. The van der Waals surface area contributed by atoms with Gasteiger partial charge in [-0.3, -0.25) is 4.79 Å². The molecule has 0 aliphatic heterocycles. The van der Waals surface area contributed by atoms with E-state index in [1.54, 1.807) is 24.3 Å². The van der Waals surface area contributed by atoms with Gasteiger partial charge in [-0.05, 0) is 35.8 Å². The van der Waals surface area contributed by atoms with Crippen LogP contribution in [0.2, 0.25) is 0 Å². The minimum absolute atomic E-state index is 0.0184. The Bertz CT molecular complexity index is 820. The van der Waals surface area contributed by atoms with E-state index in [0.717, 1.165) is 5.56 Å². The number of carbonyl (C=O) groups excluding carboxylic acids is 2. The normalized spacial score (nSPS) is 10.6. The summed E-state index contributed by atoms with van der Waals surface area (Å²) in [5.74, 6) is -0.914. The minimum atomic E-state index is -0.471. The molecule has 1 N–H and O–H groups in total. The molecule has 0 spiro atoms. The summed E-state index contributed by atoms with van der Waals surface area (Å²) in [7, 11) is 1.30. The van der Waals surface area contributed by atoms with Gasteiger partial charge >= 0.3 is 5.97 Å². The van der Waals surface area contributed by atoms with Crippen LogP contribution in [0.15, 0.2) is 60.2 Å². The van der Waals surface area contributed by atoms with Crippen molar-refractivity contribution in [2.75, 3.05) is 13.7 Å². The number of amides is 1. The van der Waals surface area contributed by atoms with Gasteiger partial charge in [0.1, 0.15) is 11.6 Å². The van der Waals surface area contributed by atoms with Crippen LogP contribution in [0.5, 0.6) is 0 Å². The van der Waals surface area contributed by atoms with Gasteiger partial charge in [0.25, 0.3) is 5.91 Å². The molecule has 5 heteroatoms. The van der Waals surface area contributed by atoms with Crippen molar-refractivity contribution in [2.45, 2.75) is 6.42 Å². The van der Waals surface area contributed by atoms with E-state index in [-0.39, 0.29) is 5.57 Å². The molecular formula is C20H18N2O3. The number of nitrogens with zero attached hydrogens (tertiary/aromatic N) is 1. The molecule has 0 radical (unpaired) electrons. The van der Waals surface area contributed by atoms with Crippen molar-refractivity contribution >= 4 is 18.0 Å². The summed E-state index contributed by atoms with van der Waals surface area (Å²) < 4.78 is 4.66. The van der Waals surface area contributed by atoms with Crippen LogP contribution < -0.4 is 5.32 Å². The molecule has 2 aromatic carbocycles. The molecule has 2 aromatic rings. The molecule has 0 bridgehead atoms. The lowest BCUT2D eigenvalue weighted by Crippen LogP contribution is -2.26. The van der Waals surface area contributed by atoms with Gasteiger partial charge in [0.05, 0.1) is 12.7 Å². The SMILES string of the molecule is COC(=O)c1cccc(/C=C(\C#N)C(=O)NCCc2ccccc2)c1. The molecule has 0 aromatic heterocycles. The van der Waals surface area contributed by atoms with Gasteiger partial charge in [-0.2, -0.15) is 5.26 Å². The Balaban J connectivity index is 2.03. The zero-order chi connectivity index (χ0) is 18.1. The molecule has 0 heterocycles. The van der Waals surface area contributed by atoms with Gasteiger partial charge in [0.15, 0.2) is 0 Å². The topological polar surface area (TPSA) is 79.2 Å². The number of rotatable bonds is 6. The number of hydrogen-bond acceptors (Lipinski definition) is 4. The first-order valence-electron chi connectivity index (χ1n) is 7.76. The number of nitriles is 1. The number of ether oxygens (including phenoxy) is 1. The first-order chi connectivity index (χ1) is 12.1. The average molecular weight is 334 g/mol. The second kappa shape index (κ2) is 9.04. The lowest BCUT2D eigenvalue weighted by atomic mass is 10.1. The molecule has 0 saturated heterocycles. The average Bonchev–Trinajstić information content (AvgIpc) is 2.66. The smallest absolute Gasteiger partial charge is 0.337 e. The number of carbonyl (C=O) groups is 2. The summed E-state index contributed by atoms with van der Waals surface area (Å²) >= 11 is 0. The van der Waals surface area contributed by atoms with Crippen LogP contribution in [0.4, 0.5) is 0 Å². The fraction of sp³-hybridized carbons (Fsp3) is 0.150. The molecule has 0 fully saturated rings. The molecule has 0 unspecified atom stereocenters. The van der Waals surface area contributed by atoms with Crippen LogP contribution in [0.1, 0.15) is 21.5 Å². The van der Waals surface area contributed by atoms with E-state index in [1.165, 1.54) is 13.2 Å². The highest BCUT2D eigenvalue weighted by Crippen LogP contribution is 2.11. The summed E-state index contributed by atoms with van der Waals surface area (Å²) in [6.45, 7) is 0.435. The van der Waals surface area contributed by atoms with Crippen LogP contribution in [0.3, 0.4) is 0 Å². The number of nitrogens with one attached hydrogen (secondary N) is 1. The Morgan fingerprint density at radius 3 is 2.60 bits per heavy atom. The number of benzene rings is 2. The maximum absolute atomic E-state index is 12.2. The van der Waals surface area contributed by atoms with Crippen LogP contribution in [-0.2, 0) is 16.0 Å². The number of hydrogen-bond donors (Lipinski definition) is 1. The second-order valence-electron chi connectivity index (χ2n) is 5.28. The quantitative estimate of drug-likeness (QED) is 0.500. The van der Waals surface area contributed by atoms with Gasteiger partial charge in [-0.25, -0.2) is 4.79 Å². The Morgan fingerprint density at radius 2 is 1.92 bits per heavy atom. The first-order valence-corrected chi connectivity index (χ1v) is 7.76. The first kappa shape index (κ1) is 18.0. The van der Waals surface area contributed by atoms with Crippen LogP contribution in [0, 0.1) is 11.3 Å². The van der Waals surface area contributed by atoms with Gasteiger partial charge < -0.3 is 10.1 Å². The van der Waals surface area contributed by atoms with E-state index < -0.39 is 11.9 Å². The maximum atomic E-state index is 12.2. The Labute approximate surface area is 146 Å². The van der Waals surface area contributed by atoms with E-state index >= 15 is 0 Å². The molecule has 0 aliphatic carbocycles. The summed E-state index contributed by atoms with van der Waals surface area (Å²) in [6.07, 6.45) is 2.13. The predicted octanol–water partition coefficient (Wildman–Crippen LogP) is 2.74. The Hall–Kier alpha value is -3.39. The largest absolute Gasteiger partial charge is 0.465 e. The molecular weight excluding hydrogens is 316 g/mol. The van der Waals surface area contributed by atoms with Crippen molar-refractivity contribution in [1.29, 1.82) is 5.26 Å². The fourth-order valence-corrected chi connectivity index (χ4v) is 2.25. The van der Waals surface area contributed by atoms with E-state index in [2.05, 4.69) is 10.1 Å². The molecule has 5 nitrogen and oxygen atoms in total. The van der Waals surface area contributed by atoms with Gasteiger partial charge in [-0.15, -0.1) is 0 Å². The van der Waals surface area contributed by atoms with Crippen molar-refractivity contribution in [3.8, 4) is 6.07 Å². The third kappa shape index (κ3) is 5.33. The maximum Gasteiger partial charge on any atom is 0.337 e. The standard InChI is InChI=1S/C20H18N2O3/c1-25-20(24)17-9-5-8-16(12-17)13-18(14-21)19(23)22-11-10-15-6-3-2-4-7-15/h2-9,12-13H,10-11H2,1H3,(H,22,23)/b18-13+. The molecule has 0 saturated carbocycles. The lowest BCUT2D eigenvalue weighted by molar-refractivity contribution is -0.117. The summed E-state index contributed by atoms with van der Waals surface area (Å²) in [5, 5.41) is 12.0. The van der Waals surface area contributed by atoms with Crippen molar-refractivity contribution in [3.05, 3.63) is 76.9 Å². The van der Waals surface area contributed by atoms with Crippen LogP contribution in [-0.4, -0.2) is 25.5 Å². The van der Waals surface area contributed by atoms with Crippen molar-refractivity contribution in [1.82, 2.24) is 5.32 Å². The van der Waals surface area contributed by atoms with Crippen molar-refractivity contribution in [2.24, 2.45) is 0 Å². The molecule has 2 rings (SSSR count). The molecule has 1 amide bonds. The molecule has 25 heavy (non-hydrogen) atoms. The zero-order valence-corrected chi connectivity index (χ0v) is 13.9. The van der Waals surface area contributed by atoms with E-state index in [1.807, 2.05) is 36.4 Å². The minimum Gasteiger partial charge on any atom is -0.465 e. The molecule has 126 valence electrons. The third-order valence-electron chi connectivity index (χ3n) is 3.53. The van der Waals surface area contributed by atoms with Crippen LogP contribution in [0.25, 0.3) is 6.08 Å². The van der Waals surface area contributed by atoms with E-state index in [9.17, 15) is 14.9 Å². The Morgan fingerprint density at radius 1 is 1.16 bits per heavy atom. The number of methoxy groups -OCH3 is 1. The monoisotopic (exact) mass is 334 g/mol. The summed E-state index contributed by atoms with van der Waals surface area (Å²) in [4.78, 5) is 23.7. The third-order valence-corrected chi connectivity index (χ3v) is 3.53. The second-order valence-corrected chi connectivity index (χ2v) is 5.28. The van der Waals surface area contributed by atoms with Crippen LogP contribution >= 0.6 is 0 Å². The van der Waals surface area contributed by atoms with Crippen molar-refractivity contribution in [3.63, 3.8) is 0 Å². The Kier molecular flexibility index (Phi) is 6.49. The lowest BCUT2D eigenvalue weighted by Gasteiger charge is -2.05. The zero-order valence-electron chi connectivity index (χ0n) is 13.9. The highest BCUT2D eigenvalue weighted by Gasteiger charge is 2.10.